The number of hydrogen-bond donors (Lipinski definition) is 1. The van der Waals surface area contributed by atoms with Crippen molar-refractivity contribution < 1.29 is 9.59 Å². The van der Waals surface area contributed by atoms with Crippen molar-refractivity contribution >= 4 is 17.4 Å². The van der Waals surface area contributed by atoms with Gasteiger partial charge in [-0.05, 0) is 45.2 Å². The van der Waals surface area contributed by atoms with Crippen LogP contribution < -0.4 is 5.32 Å². The van der Waals surface area contributed by atoms with Crippen molar-refractivity contribution in [2.75, 3.05) is 11.9 Å². The fourth-order valence-corrected chi connectivity index (χ4v) is 2.63. The molecule has 0 bridgehead atoms. The normalized spacial score (nSPS) is 18.2. The number of hydrogen-bond acceptors (Lipinski definition) is 4. The Balaban J connectivity index is 2.12. The number of amides is 1. The van der Waals surface area contributed by atoms with Crippen LogP contribution >= 0.6 is 0 Å². The lowest BCUT2D eigenvalue weighted by atomic mass is 10.0. The molecular formula is C18H21N3O2. The average Bonchev–Trinajstić information content (AvgIpc) is 2.54. The summed E-state index contributed by atoms with van der Waals surface area (Å²) < 4.78 is 0. The van der Waals surface area contributed by atoms with Crippen molar-refractivity contribution in [1.82, 2.24) is 4.90 Å². The number of rotatable bonds is 4. The minimum absolute atomic E-state index is 0.0701. The van der Waals surface area contributed by atoms with Crippen LogP contribution in [0, 0.1) is 11.3 Å². The van der Waals surface area contributed by atoms with E-state index in [-0.39, 0.29) is 11.4 Å². The molecule has 5 heteroatoms. The van der Waals surface area contributed by atoms with Gasteiger partial charge in [0.05, 0.1) is 0 Å². The maximum Gasteiger partial charge on any atom is 0.267 e. The van der Waals surface area contributed by atoms with Crippen LogP contribution in [0.3, 0.4) is 0 Å². The zero-order valence-electron chi connectivity index (χ0n) is 13.5. The van der Waals surface area contributed by atoms with Gasteiger partial charge in [0.2, 0.25) is 0 Å². The number of likely N-dealkylation sites (tertiary alicyclic amines) is 1. The fourth-order valence-electron chi connectivity index (χ4n) is 2.63. The highest BCUT2D eigenvalue weighted by atomic mass is 16.1. The minimum atomic E-state index is -0.453. The number of benzene rings is 1. The highest BCUT2D eigenvalue weighted by molar-refractivity contribution is 6.07. The standard InChI is InChI=1S/C18H21N3O2/c1-13-6-3-4-9-21(13)12-16(11-19)18(23)20-17-8-5-7-15(10-17)14(2)22/h5,7-8,10,12-13H,3-4,6,9H2,1-2H3,(H,20,23)/b16-12-. The summed E-state index contributed by atoms with van der Waals surface area (Å²) in [6, 6.07) is 9.00. The van der Waals surface area contributed by atoms with Crippen molar-refractivity contribution in [3.63, 3.8) is 0 Å². The average molecular weight is 311 g/mol. The van der Waals surface area contributed by atoms with Crippen molar-refractivity contribution in [3.8, 4) is 6.07 Å². The number of carbonyl (C=O) groups excluding carboxylic acids is 2. The summed E-state index contributed by atoms with van der Waals surface area (Å²) in [6.45, 7) is 4.43. The fraction of sp³-hybridized carbons (Fsp3) is 0.389. The summed E-state index contributed by atoms with van der Waals surface area (Å²) in [5.41, 5.74) is 1.11. The summed E-state index contributed by atoms with van der Waals surface area (Å²) in [5, 5.41) is 12.0. The van der Waals surface area contributed by atoms with Crippen molar-refractivity contribution in [2.45, 2.75) is 39.2 Å². The Morgan fingerprint density at radius 1 is 1.39 bits per heavy atom. The Bertz CT molecular complexity index is 673. The zero-order chi connectivity index (χ0) is 16.8. The molecule has 2 rings (SSSR count). The highest BCUT2D eigenvalue weighted by Gasteiger charge is 2.18. The highest BCUT2D eigenvalue weighted by Crippen LogP contribution is 2.18. The SMILES string of the molecule is CC(=O)c1cccc(NC(=O)/C(C#N)=C\N2CCCCC2C)c1. The molecule has 0 spiro atoms. The zero-order valence-corrected chi connectivity index (χ0v) is 13.5. The minimum Gasteiger partial charge on any atom is -0.373 e. The predicted molar refractivity (Wildman–Crippen MR) is 88.8 cm³/mol. The summed E-state index contributed by atoms with van der Waals surface area (Å²) in [6.07, 6.45) is 4.96. The van der Waals surface area contributed by atoms with Crippen LogP contribution in [0.2, 0.25) is 0 Å². The molecule has 0 aromatic heterocycles. The van der Waals surface area contributed by atoms with Gasteiger partial charge in [-0.1, -0.05) is 12.1 Å². The van der Waals surface area contributed by atoms with Crippen LogP contribution in [0.5, 0.6) is 0 Å². The first-order valence-electron chi connectivity index (χ1n) is 7.81. The molecule has 1 aromatic carbocycles. The van der Waals surface area contributed by atoms with Crippen molar-refractivity contribution in [2.24, 2.45) is 0 Å². The van der Waals surface area contributed by atoms with Gasteiger partial charge in [-0.3, -0.25) is 9.59 Å². The van der Waals surface area contributed by atoms with Gasteiger partial charge in [-0.2, -0.15) is 5.26 Å². The second-order valence-corrected chi connectivity index (χ2v) is 5.83. The number of Topliss-reactive ketones (excluding diaryl/α,β-unsaturated/α-hetero) is 1. The molecule has 1 aromatic rings. The van der Waals surface area contributed by atoms with E-state index in [1.165, 1.54) is 13.3 Å². The number of nitrogens with zero attached hydrogens (tertiary/aromatic N) is 2. The van der Waals surface area contributed by atoms with E-state index in [0.29, 0.717) is 17.3 Å². The van der Waals surface area contributed by atoms with Gasteiger partial charge >= 0.3 is 0 Å². The van der Waals surface area contributed by atoms with E-state index in [9.17, 15) is 14.9 Å². The maximum absolute atomic E-state index is 12.3. The summed E-state index contributed by atoms with van der Waals surface area (Å²) in [5.74, 6) is -0.523. The van der Waals surface area contributed by atoms with E-state index in [1.54, 1.807) is 30.5 Å². The second kappa shape index (κ2) is 7.59. The molecule has 1 unspecified atom stereocenters. The number of anilines is 1. The van der Waals surface area contributed by atoms with E-state index in [1.807, 2.05) is 11.0 Å². The predicted octanol–water partition coefficient (Wildman–Crippen LogP) is 3.11. The molecule has 23 heavy (non-hydrogen) atoms. The van der Waals surface area contributed by atoms with Gasteiger partial charge in [0, 0.05) is 30.0 Å². The molecule has 1 N–H and O–H groups in total. The quantitative estimate of drug-likeness (QED) is 0.527. The summed E-state index contributed by atoms with van der Waals surface area (Å²) in [4.78, 5) is 25.7. The molecule has 0 radical (unpaired) electrons. The first-order chi connectivity index (χ1) is 11.0. The third-order valence-electron chi connectivity index (χ3n) is 4.04. The molecule has 1 amide bonds. The van der Waals surface area contributed by atoms with Gasteiger partial charge in [0.1, 0.15) is 11.6 Å². The van der Waals surface area contributed by atoms with Gasteiger partial charge < -0.3 is 10.2 Å². The van der Waals surface area contributed by atoms with Gasteiger partial charge in [0.25, 0.3) is 5.91 Å². The number of ketones is 1. The van der Waals surface area contributed by atoms with Crippen LogP contribution in [-0.4, -0.2) is 29.2 Å². The number of nitrogens with one attached hydrogen (secondary N) is 1. The number of carbonyl (C=O) groups is 2. The second-order valence-electron chi connectivity index (χ2n) is 5.83. The molecule has 1 aliphatic rings. The lowest BCUT2D eigenvalue weighted by Gasteiger charge is -2.32. The molecule has 1 fully saturated rings. The summed E-state index contributed by atoms with van der Waals surface area (Å²) >= 11 is 0. The Morgan fingerprint density at radius 2 is 2.17 bits per heavy atom. The Hall–Kier alpha value is -2.61. The van der Waals surface area contributed by atoms with Crippen molar-refractivity contribution in [3.05, 3.63) is 41.6 Å². The van der Waals surface area contributed by atoms with Gasteiger partial charge in [0.15, 0.2) is 5.78 Å². The first kappa shape index (κ1) is 16.8. The van der Waals surface area contributed by atoms with Gasteiger partial charge in [-0.25, -0.2) is 0 Å². The third-order valence-corrected chi connectivity index (χ3v) is 4.04. The lowest BCUT2D eigenvalue weighted by molar-refractivity contribution is -0.112. The number of piperidine rings is 1. The molecule has 1 heterocycles. The molecule has 0 saturated carbocycles. The van der Waals surface area contributed by atoms with Gasteiger partial charge in [-0.15, -0.1) is 0 Å². The summed E-state index contributed by atoms with van der Waals surface area (Å²) in [7, 11) is 0. The van der Waals surface area contributed by atoms with Crippen molar-refractivity contribution in [1.29, 1.82) is 5.26 Å². The van der Waals surface area contributed by atoms with Crippen LogP contribution in [-0.2, 0) is 4.79 Å². The molecule has 120 valence electrons. The van der Waals surface area contributed by atoms with Crippen LogP contribution in [0.4, 0.5) is 5.69 Å². The molecule has 1 aliphatic heterocycles. The Morgan fingerprint density at radius 3 is 2.83 bits per heavy atom. The van der Waals surface area contributed by atoms with E-state index in [2.05, 4.69) is 12.2 Å². The Kier molecular flexibility index (Phi) is 5.53. The largest absolute Gasteiger partial charge is 0.373 e. The third kappa shape index (κ3) is 4.43. The number of nitriles is 1. The molecule has 0 aliphatic carbocycles. The lowest BCUT2D eigenvalue weighted by Crippen LogP contribution is -2.34. The van der Waals surface area contributed by atoms with E-state index in [4.69, 9.17) is 0 Å². The molecular weight excluding hydrogens is 290 g/mol. The topological polar surface area (TPSA) is 73.2 Å². The van der Waals surface area contributed by atoms with E-state index in [0.717, 1.165) is 19.4 Å². The van der Waals surface area contributed by atoms with Crippen LogP contribution in [0.25, 0.3) is 0 Å². The van der Waals surface area contributed by atoms with Crippen LogP contribution in [0.15, 0.2) is 36.0 Å². The molecule has 1 atom stereocenters. The van der Waals surface area contributed by atoms with Crippen LogP contribution in [0.1, 0.15) is 43.5 Å². The molecule has 5 nitrogen and oxygen atoms in total. The monoisotopic (exact) mass is 311 g/mol. The van der Waals surface area contributed by atoms with E-state index < -0.39 is 5.91 Å². The first-order valence-corrected chi connectivity index (χ1v) is 7.81. The van der Waals surface area contributed by atoms with E-state index >= 15 is 0 Å². The maximum atomic E-state index is 12.3. The molecule has 1 saturated heterocycles. The smallest absolute Gasteiger partial charge is 0.267 e. The Labute approximate surface area is 136 Å².